The quantitative estimate of drug-likeness (QED) is 0.567. The fourth-order valence-electron chi connectivity index (χ4n) is 1.65. The van der Waals surface area contributed by atoms with Crippen molar-refractivity contribution in [3.63, 3.8) is 0 Å². The largest absolute Gasteiger partial charge is 0.356 e. The van der Waals surface area contributed by atoms with Crippen LogP contribution < -0.4 is 10.6 Å². The number of rotatable bonds is 10. The van der Waals surface area contributed by atoms with E-state index in [-0.39, 0.29) is 23.5 Å². The van der Waals surface area contributed by atoms with E-state index in [0.717, 1.165) is 6.42 Å². The average Bonchev–Trinajstić information content (AvgIpc) is 2.35. The molecule has 5 nitrogen and oxygen atoms in total. The van der Waals surface area contributed by atoms with Gasteiger partial charge in [-0.15, -0.1) is 0 Å². The van der Waals surface area contributed by atoms with Gasteiger partial charge >= 0.3 is 0 Å². The fourth-order valence-corrected chi connectivity index (χ4v) is 1.65. The molecule has 18 heavy (non-hydrogen) atoms. The van der Waals surface area contributed by atoms with Crippen LogP contribution >= 0.6 is 0 Å². The lowest BCUT2D eigenvalue weighted by molar-refractivity contribution is -0.125. The van der Waals surface area contributed by atoms with Gasteiger partial charge in [-0.25, -0.2) is 0 Å². The zero-order valence-electron chi connectivity index (χ0n) is 11.5. The second-order valence-electron chi connectivity index (χ2n) is 4.32. The van der Waals surface area contributed by atoms with Crippen molar-refractivity contribution in [3.8, 4) is 0 Å². The molecule has 0 saturated carbocycles. The molecule has 0 spiro atoms. The van der Waals surface area contributed by atoms with Crippen LogP contribution in [0.2, 0.25) is 0 Å². The molecule has 0 fully saturated rings. The maximum atomic E-state index is 11.8. The van der Waals surface area contributed by atoms with Crippen molar-refractivity contribution in [1.29, 1.82) is 0 Å². The highest BCUT2D eigenvalue weighted by atomic mass is 16.1. The number of hydrogen-bond acceptors (Lipinski definition) is 4. The van der Waals surface area contributed by atoms with Crippen molar-refractivity contribution in [1.82, 2.24) is 10.6 Å². The maximum absolute atomic E-state index is 11.8. The van der Waals surface area contributed by atoms with Gasteiger partial charge in [-0.1, -0.05) is 6.92 Å². The minimum absolute atomic E-state index is 0.0594. The summed E-state index contributed by atoms with van der Waals surface area (Å²) in [5.74, 6) is 0.134. The molecule has 0 heterocycles. The van der Waals surface area contributed by atoms with Crippen molar-refractivity contribution in [2.75, 3.05) is 13.6 Å². The van der Waals surface area contributed by atoms with Crippen molar-refractivity contribution < 1.29 is 14.4 Å². The Kier molecular flexibility index (Phi) is 9.10. The third-order valence-corrected chi connectivity index (χ3v) is 2.83. The molecule has 0 aromatic rings. The van der Waals surface area contributed by atoms with Gasteiger partial charge in [0.25, 0.3) is 0 Å². The molecule has 0 aromatic carbocycles. The van der Waals surface area contributed by atoms with Crippen LogP contribution in [0.5, 0.6) is 0 Å². The number of likely N-dealkylation sites (N-methyl/N-ethyl adjacent to an activating group) is 1. The van der Waals surface area contributed by atoms with Gasteiger partial charge in [0.15, 0.2) is 0 Å². The Hall–Kier alpha value is -1.23. The molecule has 2 N–H and O–H groups in total. The summed E-state index contributed by atoms with van der Waals surface area (Å²) in [6.07, 6.45) is 2.55. The fraction of sp³-hybridized carbons (Fsp3) is 0.769. The van der Waals surface area contributed by atoms with Crippen LogP contribution in [0.3, 0.4) is 0 Å². The van der Waals surface area contributed by atoms with E-state index in [1.807, 2.05) is 0 Å². The number of amides is 1. The van der Waals surface area contributed by atoms with Gasteiger partial charge in [-0.05, 0) is 19.9 Å². The third kappa shape index (κ3) is 7.95. The van der Waals surface area contributed by atoms with E-state index < -0.39 is 0 Å². The first-order valence-electron chi connectivity index (χ1n) is 6.47. The molecule has 104 valence electrons. The second-order valence-corrected chi connectivity index (χ2v) is 4.32. The maximum Gasteiger partial charge on any atom is 0.216 e. The van der Waals surface area contributed by atoms with E-state index in [1.165, 1.54) is 6.92 Å². The lowest BCUT2D eigenvalue weighted by Gasteiger charge is -2.14. The molecule has 0 saturated heterocycles. The van der Waals surface area contributed by atoms with Gasteiger partial charge in [0.05, 0.1) is 6.04 Å². The normalized spacial score (nSPS) is 11.9. The van der Waals surface area contributed by atoms with E-state index in [4.69, 9.17) is 0 Å². The molecule has 0 rings (SSSR count). The van der Waals surface area contributed by atoms with E-state index in [1.54, 1.807) is 14.0 Å². The minimum Gasteiger partial charge on any atom is -0.356 e. The van der Waals surface area contributed by atoms with Crippen LogP contribution in [0.25, 0.3) is 0 Å². The van der Waals surface area contributed by atoms with Crippen LogP contribution in [0.1, 0.15) is 46.0 Å². The first-order valence-corrected chi connectivity index (χ1v) is 6.47. The summed E-state index contributed by atoms with van der Waals surface area (Å²) in [4.78, 5) is 33.6. The summed E-state index contributed by atoms with van der Waals surface area (Å²) in [7, 11) is 1.74. The first-order chi connectivity index (χ1) is 8.51. The Morgan fingerprint density at radius 3 is 2.33 bits per heavy atom. The first kappa shape index (κ1) is 16.8. The molecule has 0 aliphatic rings. The molecular formula is C13H24N2O3. The molecule has 0 aliphatic heterocycles. The molecule has 1 atom stereocenters. The van der Waals surface area contributed by atoms with Crippen LogP contribution in [0.4, 0.5) is 0 Å². The van der Waals surface area contributed by atoms with Gasteiger partial charge in [0.2, 0.25) is 5.91 Å². The highest BCUT2D eigenvalue weighted by molar-refractivity contribution is 5.88. The smallest absolute Gasteiger partial charge is 0.216 e. The molecular weight excluding hydrogens is 232 g/mol. The SMILES string of the molecule is CCC(=O)CCC(=O)C(CCCNC(C)=O)NC. The molecule has 1 amide bonds. The number of carbonyl (C=O) groups is 3. The van der Waals surface area contributed by atoms with Crippen LogP contribution in [-0.4, -0.2) is 37.1 Å². The highest BCUT2D eigenvalue weighted by Gasteiger charge is 2.16. The zero-order chi connectivity index (χ0) is 14.0. The van der Waals surface area contributed by atoms with Gasteiger partial charge in [-0.2, -0.15) is 0 Å². The van der Waals surface area contributed by atoms with Gasteiger partial charge in [0, 0.05) is 32.7 Å². The Morgan fingerprint density at radius 1 is 1.17 bits per heavy atom. The van der Waals surface area contributed by atoms with Gasteiger partial charge < -0.3 is 10.6 Å². The van der Waals surface area contributed by atoms with E-state index >= 15 is 0 Å². The molecule has 0 bridgehead atoms. The van der Waals surface area contributed by atoms with Gasteiger partial charge in [0.1, 0.15) is 11.6 Å². The second kappa shape index (κ2) is 9.76. The standard InChI is InChI=1S/C13H24N2O3/c1-4-11(17)7-8-13(18)12(14-3)6-5-9-15-10(2)16/h12,14H,4-9H2,1-3H3,(H,15,16). The number of Topliss-reactive ketones (excluding diaryl/α,β-unsaturated/α-hetero) is 2. The van der Waals surface area contributed by atoms with E-state index in [9.17, 15) is 14.4 Å². The summed E-state index contributed by atoms with van der Waals surface area (Å²) < 4.78 is 0. The summed E-state index contributed by atoms with van der Waals surface area (Å²) in [6, 6.07) is -0.219. The lowest BCUT2D eigenvalue weighted by atomic mass is 10.0. The molecule has 5 heteroatoms. The van der Waals surface area contributed by atoms with Crippen LogP contribution in [-0.2, 0) is 14.4 Å². The summed E-state index contributed by atoms with van der Waals surface area (Å²) >= 11 is 0. The Morgan fingerprint density at radius 2 is 1.83 bits per heavy atom. The molecule has 0 aliphatic carbocycles. The Balaban J connectivity index is 3.89. The molecule has 0 radical (unpaired) electrons. The predicted octanol–water partition coefficient (Wildman–Crippen LogP) is 0.819. The Bertz CT molecular complexity index is 290. The summed E-state index contributed by atoms with van der Waals surface area (Å²) in [6.45, 7) is 3.85. The topological polar surface area (TPSA) is 75.3 Å². The van der Waals surface area contributed by atoms with E-state index in [0.29, 0.717) is 32.2 Å². The molecule has 1 unspecified atom stereocenters. The lowest BCUT2D eigenvalue weighted by Crippen LogP contribution is -2.35. The summed E-state index contributed by atoms with van der Waals surface area (Å²) in [5.41, 5.74) is 0. The van der Waals surface area contributed by atoms with E-state index in [2.05, 4.69) is 10.6 Å². The van der Waals surface area contributed by atoms with Crippen LogP contribution in [0, 0.1) is 0 Å². The van der Waals surface area contributed by atoms with Gasteiger partial charge in [-0.3, -0.25) is 14.4 Å². The number of ketones is 2. The molecule has 0 aromatic heterocycles. The predicted molar refractivity (Wildman–Crippen MR) is 70.3 cm³/mol. The monoisotopic (exact) mass is 256 g/mol. The summed E-state index contributed by atoms with van der Waals surface area (Å²) in [5, 5.41) is 5.65. The Labute approximate surface area is 109 Å². The van der Waals surface area contributed by atoms with Crippen LogP contribution in [0.15, 0.2) is 0 Å². The van der Waals surface area contributed by atoms with Crippen molar-refractivity contribution >= 4 is 17.5 Å². The minimum atomic E-state index is -0.219. The van der Waals surface area contributed by atoms with Crippen molar-refractivity contribution in [3.05, 3.63) is 0 Å². The number of nitrogens with one attached hydrogen (secondary N) is 2. The highest BCUT2D eigenvalue weighted by Crippen LogP contribution is 2.04. The van der Waals surface area contributed by atoms with Crippen molar-refractivity contribution in [2.24, 2.45) is 0 Å². The average molecular weight is 256 g/mol. The third-order valence-electron chi connectivity index (χ3n) is 2.83. The number of carbonyl (C=O) groups excluding carboxylic acids is 3. The van der Waals surface area contributed by atoms with Crippen molar-refractivity contribution in [2.45, 2.75) is 52.0 Å². The number of hydrogen-bond donors (Lipinski definition) is 2. The zero-order valence-corrected chi connectivity index (χ0v) is 11.5.